The molecule has 1 aliphatic heterocycles. The Morgan fingerprint density at radius 1 is 1.43 bits per heavy atom. The lowest BCUT2D eigenvalue weighted by Gasteiger charge is -2.47. The van der Waals surface area contributed by atoms with Crippen molar-refractivity contribution in [2.75, 3.05) is 13.1 Å². The number of amides is 1. The van der Waals surface area contributed by atoms with Gasteiger partial charge in [0.15, 0.2) is 5.41 Å². The Kier molecular flexibility index (Phi) is 4.52. The second kappa shape index (κ2) is 6.23. The second-order valence-corrected chi connectivity index (χ2v) is 6.14. The summed E-state index contributed by atoms with van der Waals surface area (Å²) < 4.78 is 0. The maximum absolute atomic E-state index is 11.7. The fraction of sp³-hybridized carbons (Fsp3) is 0.588. The summed E-state index contributed by atoms with van der Waals surface area (Å²) in [6, 6.07) is 6.14. The van der Waals surface area contributed by atoms with Crippen molar-refractivity contribution >= 4 is 11.6 Å². The monoisotopic (exact) mass is 309 g/mol. The lowest BCUT2D eigenvalue weighted by atomic mass is 9.55. The third-order valence-electron chi connectivity index (χ3n) is 5.01. The molecular weight excluding hydrogens is 290 g/mol. The van der Waals surface area contributed by atoms with Crippen LogP contribution in [0.3, 0.4) is 0 Å². The van der Waals surface area contributed by atoms with Gasteiger partial charge in [0.25, 0.3) is 0 Å². The van der Waals surface area contributed by atoms with E-state index in [0.717, 1.165) is 12.0 Å². The molecule has 0 aromatic rings. The van der Waals surface area contributed by atoms with Crippen LogP contribution in [-0.4, -0.2) is 29.6 Å². The van der Waals surface area contributed by atoms with E-state index in [-0.39, 0.29) is 23.5 Å². The molecule has 1 fully saturated rings. The van der Waals surface area contributed by atoms with E-state index >= 15 is 0 Å². The molecule has 2 rings (SSSR count). The van der Waals surface area contributed by atoms with E-state index in [1.807, 2.05) is 25.1 Å². The Bertz CT molecular complexity index is 673. The molecule has 0 unspecified atom stereocenters. The van der Waals surface area contributed by atoms with Gasteiger partial charge in [0.05, 0.1) is 23.9 Å². The molecule has 3 atom stereocenters. The average Bonchev–Trinajstić information content (AvgIpc) is 2.56. The lowest BCUT2D eigenvalue weighted by Crippen LogP contribution is -2.54. The van der Waals surface area contributed by atoms with Crippen LogP contribution in [0.5, 0.6) is 0 Å². The summed E-state index contributed by atoms with van der Waals surface area (Å²) in [6.07, 6.45) is 3.21. The van der Waals surface area contributed by atoms with Gasteiger partial charge in [-0.2, -0.15) is 15.8 Å². The van der Waals surface area contributed by atoms with Crippen LogP contribution in [0.2, 0.25) is 0 Å². The Hall–Kier alpha value is -2.65. The molecule has 1 N–H and O–H groups in total. The number of rotatable bonds is 2. The predicted molar refractivity (Wildman–Crippen MR) is 82.7 cm³/mol. The largest absolute Gasteiger partial charge is 0.339 e. The molecule has 1 heterocycles. The van der Waals surface area contributed by atoms with Crippen molar-refractivity contribution in [1.82, 2.24) is 4.90 Å². The van der Waals surface area contributed by atoms with E-state index < -0.39 is 11.3 Å². The first kappa shape index (κ1) is 16.7. The number of carbonyl (C=O) groups is 1. The molecule has 6 heteroatoms. The molecule has 0 radical (unpaired) electrons. The van der Waals surface area contributed by atoms with E-state index in [1.165, 1.54) is 6.92 Å². The van der Waals surface area contributed by atoms with Gasteiger partial charge in [0.2, 0.25) is 5.91 Å². The first-order chi connectivity index (χ1) is 11.0. The molecule has 1 amide bonds. The van der Waals surface area contributed by atoms with Crippen molar-refractivity contribution in [3.05, 3.63) is 11.6 Å². The molecule has 0 spiro atoms. The topological polar surface area (TPSA) is 116 Å². The van der Waals surface area contributed by atoms with Gasteiger partial charge in [-0.1, -0.05) is 19.4 Å². The molecule has 118 valence electrons. The van der Waals surface area contributed by atoms with E-state index in [1.54, 1.807) is 4.90 Å². The molecule has 1 saturated carbocycles. The number of nitrogens with zero attached hydrogens (tertiary/aromatic N) is 4. The Balaban J connectivity index is 2.60. The van der Waals surface area contributed by atoms with Gasteiger partial charge in [0, 0.05) is 31.8 Å². The third-order valence-corrected chi connectivity index (χ3v) is 5.01. The zero-order valence-electron chi connectivity index (χ0n) is 13.3. The zero-order chi connectivity index (χ0) is 17.2. The van der Waals surface area contributed by atoms with Crippen LogP contribution >= 0.6 is 0 Å². The van der Waals surface area contributed by atoms with Crippen molar-refractivity contribution in [3.8, 4) is 18.2 Å². The number of fused-ring (bicyclic) bond motifs is 1. The van der Waals surface area contributed by atoms with Gasteiger partial charge in [-0.05, 0) is 12.0 Å². The molecule has 0 bridgehead atoms. The van der Waals surface area contributed by atoms with Crippen LogP contribution in [0.4, 0.5) is 0 Å². The minimum Gasteiger partial charge on any atom is -0.339 e. The smallest absolute Gasteiger partial charge is 0.219 e. The van der Waals surface area contributed by atoms with Crippen LogP contribution in [0, 0.1) is 62.6 Å². The summed E-state index contributed by atoms with van der Waals surface area (Å²) in [5.74, 6) is -1.50. The molecule has 0 aromatic heterocycles. The zero-order valence-corrected chi connectivity index (χ0v) is 13.3. The van der Waals surface area contributed by atoms with E-state index in [9.17, 15) is 20.6 Å². The summed E-state index contributed by atoms with van der Waals surface area (Å²) in [5, 5.41) is 37.1. The second-order valence-electron chi connectivity index (χ2n) is 6.14. The highest BCUT2D eigenvalue weighted by molar-refractivity contribution is 6.00. The number of hydrogen-bond donors (Lipinski definition) is 1. The molecule has 1 aliphatic carbocycles. The maximum atomic E-state index is 11.7. The van der Waals surface area contributed by atoms with Gasteiger partial charge in [-0.25, -0.2) is 0 Å². The predicted octanol–water partition coefficient (Wildman–Crippen LogP) is 2.01. The van der Waals surface area contributed by atoms with Gasteiger partial charge >= 0.3 is 0 Å². The van der Waals surface area contributed by atoms with E-state index in [4.69, 9.17) is 5.41 Å². The highest BCUT2D eigenvalue weighted by atomic mass is 16.2. The summed E-state index contributed by atoms with van der Waals surface area (Å²) in [4.78, 5) is 13.4. The fourth-order valence-corrected chi connectivity index (χ4v) is 3.81. The van der Waals surface area contributed by atoms with Crippen molar-refractivity contribution in [2.24, 2.45) is 23.2 Å². The van der Waals surface area contributed by atoms with Gasteiger partial charge in [-0.15, -0.1) is 0 Å². The molecule has 2 aliphatic rings. The average molecular weight is 309 g/mol. The molecule has 0 aromatic carbocycles. The summed E-state index contributed by atoms with van der Waals surface area (Å²) in [5.41, 5.74) is -0.894. The molecule has 0 saturated heterocycles. The number of nitriles is 3. The SMILES string of the molecule is CCC[C@H]1[C@H]2CN(C(C)=O)CC=C2[C@@H](C#N)C(=N)C1(C#N)C#N. The number of hydrogen-bond acceptors (Lipinski definition) is 5. The Labute approximate surface area is 136 Å². The van der Waals surface area contributed by atoms with Crippen LogP contribution < -0.4 is 0 Å². The number of nitrogens with one attached hydrogen (secondary N) is 1. The minimum absolute atomic E-state index is 0.0655. The van der Waals surface area contributed by atoms with Crippen molar-refractivity contribution < 1.29 is 4.79 Å². The highest BCUT2D eigenvalue weighted by Crippen LogP contribution is 2.50. The van der Waals surface area contributed by atoms with Crippen molar-refractivity contribution in [1.29, 1.82) is 21.2 Å². The molecule has 23 heavy (non-hydrogen) atoms. The van der Waals surface area contributed by atoms with Crippen molar-refractivity contribution in [3.63, 3.8) is 0 Å². The third kappa shape index (κ3) is 2.39. The van der Waals surface area contributed by atoms with Gasteiger partial charge < -0.3 is 10.3 Å². The van der Waals surface area contributed by atoms with Gasteiger partial charge in [0.1, 0.15) is 5.92 Å². The van der Waals surface area contributed by atoms with E-state index in [0.29, 0.717) is 19.5 Å². The number of carbonyl (C=O) groups excluding carboxylic acids is 1. The summed E-state index contributed by atoms with van der Waals surface area (Å²) in [7, 11) is 0. The quantitative estimate of drug-likeness (QED) is 0.785. The fourth-order valence-electron chi connectivity index (χ4n) is 3.81. The Morgan fingerprint density at radius 2 is 2.09 bits per heavy atom. The standard InChI is InChI=1S/C17H19N5O/c1-3-4-15-14-8-22(11(2)23)6-5-12(14)13(7-18)16(21)17(15,9-19)10-20/h5,13-15,21H,3-4,6,8H2,1-2H3/t13-,14+,15+/m1/s1. The van der Waals surface area contributed by atoms with Crippen LogP contribution in [0.1, 0.15) is 26.7 Å². The molecular formula is C17H19N5O. The Morgan fingerprint density at radius 3 is 2.57 bits per heavy atom. The van der Waals surface area contributed by atoms with E-state index in [2.05, 4.69) is 6.07 Å². The lowest BCUT2D eigenvalue weighted by molar-refractivity contribution is -0.129. The maximum Gasteiger partial charge on any atom is 0.219 e. The van der Waals surface area contributed by atoms with Crippen molar-refractivity contribution in [2.45, 2.75) is 26.7 Å². The van der Waals surface area contributed by atoms with Crippen LogP contribution in [0.25, 0.3) is 0 Å². The summed E-state index contributed by atoms with van der Waals surface area (Å²) in [6.45, 7) is 4.27. The van der Waals surface area contributed by atoms with Crippen LogP contribution in [0.15, 0.2) is 11.6 Å². The first-order valence-corrected chi connectivity index (χ1v) is 7.73. The highest BCUT2D eigenvalue weighted by Gasteiger charge is 2.56. The summed E-state index contributed by atoms with van der Waals surface area (Å²) >= 11 is 0. The first-order valence-electron chi connectivity index (χ1n) is 7.73. The minimum atomic E-state index is -1.59. The normalized spacial score (nSPS) is 28.7. The van der Waals surface area contributed by atoms with Gasteiger partial charge in [-0.3, -0.25) is 4.79 Å². The van der Waals surface area contributed by atoms with Crippen LogP contribution in [-0.2, 0) is 4.79 Å². The molecule has 6 nitrogen and oxygen atoms in total.